The van der Waals surface area contributed by atoms with Crippen LogP contribution >= 0.6 is 0 Å². The zero-order valence-corrected chi connectivity index (χ0v) is 15.5. The van der Waals surface area contributed by atoms with Crippen LogP contribution in [0.2, 0.25) is 0 Å². The second-order valence-electron chi connectivity index (χ2n) is 6.89. The molecular formula is C22H17FN4O2. The molecule has 0 fully saturated rings. The molecule has 144 valence electrons. The Bertz CT molecular complexity index is 1190. The summed E-state index contributed by atoms with van der Waals surface area (Å²) in [6.07, 6.45) is 4.31. The van der Waals surface area contributed by atoms with Crippen molar-refractivity contribution >= 4 is 11.6 Å². The summed E-state index contributed by atoms with van der Waals surface area (Å²) in [5.41, 5.74) is 2.87. The molecule has 0 aliphatic heterocycles. The molecule has 1 amide bonds. The number of carbonyl (C=O) groups excluding carboxylic acids is 1. The number of nitrogens with one attached hydrogen (secondary N) is 1. The highest BCUT2D eigenvalue weighted by Gasteiger charge is 2.16. The third-order valence-corrected chi connectivity index (χ3v) is 4.95. The number of hydrogen-bond donors (Lipinski definition) is 1. The van der Waals surface area contributed by atoms with Gasteiger partial charge in [-0.1, -0.05) is 6.07 Å². The zero-order chi connectivity index (χ0) is 20.4. The number of halogens is 1. The van der Waals surface area contributed by atoms with E-state index < -0.39 is 17.3 Å². The molecule has 0 unspecified atom stereocenters. The van der Waals surface area contributed by atoms with Crippen molar-refractivity contribution in [1.82, 2.24) is 9.55 Å². The fourth-order valence-corrected chi connectivity index (χ4v) is 3.54. The normalized spacial score (nSPS) is 12.3. The number of fused-ring (bicyclic) bond motifs is 1. The fourth-order valence-electron chi connectivity index (χ4n) is 3.54. The van der Waals surface area contributed by atoms with E-state index in [1.807, 2.05) is 18.2 Å². The lowest BCUT2D eigenvalue weighted by Gasteiger charge is -2.13. The highest BCUT2D eigenvalue weighted by molar-refractivity contribution is 5.91. The highest BCUT2D eigenvalue weighted by Crippen LogP contribution is 2.25. The molecule has 29 heavy (non-hydrogen) atoms. The van der Waals surface area contributed by atoms with Gasteiger partial charge >= 0.3 is 0 Å². The summed E-state index contributed by atoms with van der Waals surface area (Å²) in [5.74, 6) is -0.644. The number of aryl methyl sites for hydroxylation is 2. The predicted molar refractivity (Wildman–Crippen MR) is 106 cm³/mol. The Hall–Kier alpha value is -3.79. The number of anilines is 1. The summed E-state index contributed by atoms with van der Waals surface area (Å²) in [6.45, 7) is -0.314. The molecule has 3 aromatic rings. The van der Waals surface area contributed by atoms with Crippen LogP contribution < -0.4 is 10.9 Å². The van der Waals surface area contributed by atoms with Crippen LogP contribution in [0.5, 0.6) is 0 Å². The Labute approximate surface area is 166 Å². The summed E-state index contributed by atoms with van der Waals surface area (Å²) in [6, 6.07) is 13.0. The number of carbonyl (C=O) groups is 1. The Morgan fingerprint density at radius 3 is 2.69 bits per heavy atom. The van der Waals surface area contributed by atoms with Crippen molar-refractivity contribution in [1.29, 1.82) is 5.26 Å². The summed E-state index contributed by atoms with van der Waals surface area (Å²) >= 11 is 0. The van der Waals surface area contributed by atoms with Gasteiger partial charge in [0.05, 0.1) is 6.20 Å². The molecule has 6 nitrogen and oxygen atoms in total. The SMILES string of the molecule is N#Cc1cnc(-c2ccc(F)cc2)n(CC(=O)Nc2ccc3c(c2)CCC3)c1=O. The summed E-state index contributed by atoms with van der Waals surface area (Å²) in [4.78, 5) is 29.4. The van der Waals surface area contributed by atoms with Gasteiger partial charge in [-0.2, -0.15) is 5.26 Å². The molecule has 2 aromatic carbocycles. The minimum Gasteiger partial charge on any atom is -0.325 e. The van der Waals surface area contributed by atoms with Crippen LogP contribution in [0, 0.1) is 17.1 Å². The summed E-state index contributed by atoms with van der Waals surface area (Å²) in [5, 5.41) is 11.9. The van der Waals surface area contributed by atoms with E-state index in [1.165, 1.54) is 35.4 Å². The van der Waals surface area contributed by atoms with E-state index in [1.54, 1.807) is 6.07 Å². The highest BCUT2D eigenvalue weighted by atomic mass is 19.1. The van der Waals surface area contributed by atoms with Gasteiger partial charge in [-0.05, 0) is 66.8 Å². The van der Waals surface area contributed by atoms with E-state index in [2.05, 4.69) is 10.3 Å². The van der Waals surface area contributed by atoms with Gasteiger partial charge in [0.15, 0.2) is 0 Å². The van der Waals surface area contributed by atoms with Crippen molar-refractivity contribution in [2.75, 3.05) is 5.32 Å². The average Bonchev–Trinajstić information content (AvgIpc) is 3.18. The lowest BCUT2D eigenvalue weighted by Crippen LogP contribution is -2.31. The minimum atomic E-state index is -0.620. The topological polar surface area (TPSA) is 87.8 Å². The molecule has 0 saturated carbocycles. The summed E-state index contributed by atoms with van der Waals surface area (Å²) in [7, 11) is 0. The van der Waals surface area contributed by atoms with Crippen LogP contribution in [0.3, 0.4) is 0 Å². The predicted octanol–water partition coefficient (Wildman–Crippen LogP) is 3.05. The molecule has 7 heteroatoms. The maximum atomic E-state index is 13.3. The van der Waals surface area contributed by atoms with E-state index in [9.17, 15) is 14.0 Å². The second kappa shape index (κ2) is 7.68. The molecule has 1 aliphatic carbocycles. The molecule has 4 rings (SSSR count). The summed E-state index contributed by atoms with van der Waals surface area (Å²) < 4.78 is 14.4. The number of benzene rings is 2. The smallest absolute Gasteiger partial charge is 0.272 e. The van der Waals surface area contributed by atoms with E-state index in [0.29, 0.717) is 11.3 Å². The zero-order valence-electron chi connectivity index (χ0n) is 15.5. The third kappa shape index (κ3) is 3.78. The van der Waals surface area contributed by atoms with Crippen LogP contribution in [0.1, 0.15) is 23.1 Å². The van der Waals surface area contributed by atoms with Gasteiger partial charge in [0, 0.05) is 11.3 Å². The van der Waals surface area contributed by atoms with Crippen molar-refractivity contribution in [3.05, 3.63) is 81.5 Å². The number of aromatic nitrogens is 2. The lowest BCUT2D eigenvalue weighted by atomic mass is 10.1. The largest absolute Gasteiger partial charge is 0.325 e. The molecule has 0 radical (unpaired) electrons. The first-order valence-electron chi connectivity index (χ1n) is 9.22. The van der Waals surface area contributed by atoms with E-state index >= 15 is 0 Å². The van der Waals surface area contributed by atoms with Crippen molar-refractivity contribution in [2.24, 2.45) is 0 Å². The fraction of sp³-hybridized carbons (Fsp3) is 0.182. The molecule has 1 N–H and O–H groups in total. The van der Waals surface area contributed by atoms with Gasteiger partial charge in [0.25, 0.3) is 5.56 Å². The third-order valence-electron chi connectivity index (χ3n) is 4.95. The standard InChI is InChI=1S/C22H17FN4O2/c23-18-7-4-15(5-8-18)21-25-12-17(11-24)22(29)27(21)13-20(28)26-19-9-6-14-2-1-3-16(14)10-19/h4-10,12H,1-3,13H2,(H,26,28). The maximum Gasteiger partial charge on any atom is 0.272 e. The van der Waals surface area contributed by atoms with Gasteiger partial charge in [0.2, 0.25) is 5.91 Å². The Kier molecular flexibility index (Phi) is 4.92. The van der Waals surface area contributed by atoms with Gasteiger partial charge in [0.1, 0.15) is 29.8 Å². The van der Waals surface area contributed by atoms with Gasteiger partial charge in [-0.3, -0.25) is 14.2 Å². The van der Waals surface area contributed by atoms with Crippen molar-refractivity contribution in [2.45, 2.75) is 25.8 Å². The first-order chi connectivity index (χ1) is 14.0. The van der Waals surface area contributed by atoms with Crippen LogP contribution in [-0.4, -0.2) is 15.5 Å². The number of nitrogens with zero attached hydrogens (tertiary/aromatic N) is 3. The number of hydrogen-bond acceptors (Lipinski definition) is 4. The maximum absolute atomic E-state index is 13.3. The van der Waals surface area contributed by atoms with Crippen molar-refractivity contribution in [3.8, 4) is 17.5 Å². The first-order valence-corrected chi connectivity index (χ1v) is 9.22. The Morgan fingerprint density at radius 1 is 1.17 bits per heavy atom. The van der Waals surface area contributed by atoms with Crippen LogP contribution in [-0.2, 0) is 24.2 Å². The van der Waals surface area contributed by atoms with E-state index in [-0.39, 0.29) is 17.9 Å². The molecule has 1 heterocycles. The van der Waals surface area contributed by atoms with Gasteiger partial charge < -0.3 is 5.32 Å². The first kappa shape index (κ1) is 18.6. The van der Waals surface area contributed by atoms with Crippen LogP contribution in [0.15, 0.2) is 53.5 Å². The van der Waals surface area contributed by atoms with E-state index in [4.69, 9.17) is 5.26 Å². The molecule has 1 aromatic heterocycles. The quantitative estimate of drug-likeness (QED) is 0.744. The molecule has 0 atom stereocenters. The monoisotopic (exact) mass is 388 g/mol. The Morgan fingerprint density at radius 2 is 1.93 bits per heavy atom. The van der Waals surface area contributed by atoms with Crippen molar-refractivity contribution in [3.63, 3.8) is 0 Å². The number of rotatable bonds is 4. The van der Waals surface area contributed by atoms with Gasteiger partial charge in [-0.25, -0.2) is 9.37 Å². The minimum absolute atomic E-state index is 0.166. The lowest BCUT2D eigenvalue weighted by molar-refractivity contribution is -0.116. The molecule has 1 aliphatic rings. The second-order valence-corrected chi connectivity index (χ2v) is 6.89. The van der Waals surface area contributed by atoms with Crippen molar-refractivity contribution < 1.29 is 9.18 Å². The molecule has 0 spiro atoms. The molecule has 0 saturated heterocycles. The van der Waals surface area contributed by atoms with Crippen LogP contribution in [0.4, 0.5) is 10.1 Å². The molecular weight excluding hydrogens is 371 g/mol. The average molecular weight is 388 g/mol. The van der Waals surface area contributed by atoms with Crippen LogP contribution in [0.25, 0.3) is 11.4 Å². The molecule has 0 bridgehead atoms. The Balaban J connectivity index is 1.64. The van der Waals surface area contributed by atoms with E-state index in [0.717, 1.165) is 30.0 Å². The van der Waals surface area contributed by atoms with Gasteiger partial charge in [-0.15, -0.1) is 0 Å². The number of amides is 1. The number of nitriles is 1.